The second-order valence-electron chi connectivity index (χ2n) is 6.56. The molecule has 0 aliphatic heterocycles. The molecule has 0 aromatic rings. The van der Waals surface area contributed by atoms with E-state index in [9.17, 15) is 14.7 Å². The Morgan fingerprint density at radius 3 is 2.52 bits per heavy atom. The van der Waals surface area contributed by atoms with Crippen molar-refractivity contribution in [3.8, 4) is 0 Å². The molecule has 0 radical (unpaired) electrons. The summed E-state index contributed by atoms with van der Waals surface area (Å²) in [6, 6.07) is -0.0153. The summed E-state index contributed by atoms with van der Waals surface area (Å²) in [5, 5.41) is 12.3. The van der Waals surface area contributed by atoms with Crippen molar-refractivity contribution in [2.24, 2.45) is 17.8 Å². The van der Waals surface area contributed by atoms with Crippen LogP contribution in [0.5, 0.6) is 0 Å². The van der Waals surface area contributed by atoms with Crippen molar-refractivity contribution in [3.63, 3.8) is 0 Å². The monoisotopic (exact) mass is 296 g/mol. The highest BCUT2D eigenvalue weighted by atomic mass is 16.4. The van der Waals surface area contributed by atoms with Crippen LogP contribution in [0.15, 0.2) is 0 Å². The molecule has 5 heteroatoms. The lowest BCUT2D eigenvalue weighted by Crippen LogP contribution is -2.45. The van der Waals surface area contributed by atoms with E-state index in [1.54, 1.807) is 0 Å². The number of hydrogen-bond acceptors (Lipinski definition) is 2. The molecule has 2 aliphatic carbocycles. The number of carbonyl (C=O) groups excluding carboxylic acids is 1. The van der Waals surface area contributed by atoms with E-state index in [2.05, 4.69) is 12.2 Å². The second kappa shape index (κ2) is 7.66. The zero-order valence-electron chi connectivity index (χ0n) is 13.0. The first-order chi connectivity index (χ1) is 10.1. The molecule has 0 spiro atoms. The molecule has 2 N–H and O–H groups in total. The van der Waals surface area contributed by atoms with Crippen LogP contribution in [0.2, 0.25) is 0 Å². The Morgan fingerprint density at radius 1 is 1.19 bits per heavy atom. The third-order valence-electron chi connectivity index (χ3n) is 4.70. The van der Waals surface area contributed by atoms with Gasteiger partial charge in [0.2, 0.25) is 0 Å². The Kier molecular flexibility index (Phi) is 5.88. The SMILES string of the molecule is CCCN(CC1CC1)C(=O)NCC1CCCCC1C(=O)O. The number of carboxylic acids is 1. The topological polar surface area (TPSA) is 69.6 Å². The number of rotatable bonds is 7. The van der Waals surface area contributed by atoms with Gasteiger partial charge in [0.15, 0.2) is 0 Å². The first-order valence-electron chi connectivity index (χ1n) is 8.37. The summed E-state index contributed by atoms with van der Waals surface area (Å²) in [7, 11) is 0. The Bertz CT molecular complexity index is 369. The summed E-state index contributed by atoms with van der Waals surface area (Å²) in [4.78, 5) is 25.5. The van der Waals surface area contributed by atoms with Gasteiger partial charge in [-0.2, -0.15) is 0 Å². The highest BCUT2D eigenvalue weighted by Gasteiger charge is 2.32. The van der Waals surface area contributed by atoms with Crippen LogP contribution >= 0.6 is 0 Å². The van der Waals surface area contributed by atoms with E-state index in [0.717, 1.165) is 45.2 Å². The Labute approximate surface area is 127 Å². The van der Waals surface area contributed by atoms with Gasteiger partial charge in [0.05, 0.1) is 5.92 Å². The molecule has 0 saturated heterocycles. The number of urea groups is 1. The van der Waals surface area contributed by atoms with Crippen LogP contribution in [0.3, 0.4) is 0 Å². The van der Waals surface area contributed by atoms with Crippen LogP contribution in [-0.2, 0) is 4.79 Å². The molecule has 2 rings (SSSR count). The molecule has 0 aromatic carbocycles. The fourth-order valence-electron chi connectivity index (χ4n) is 3.27. The molecule has 0 aromatic heterocycles. The zero-order valence-corrected chi connectivity index (χ0v) is 13.0. The van der Waals surface area contributed by atoms with Crippen LogP contribution < -0.4 is 5.32 Å². The van der Waals surface area contributed by atoms with Gasteiger partial charge in [-0.25, -0.2) is 4.79 Å². The minimum Gasteiger partial charge on any atom is -0.481 e. The standard InChI is InChI=1S/C16H28N2O3/c1-2-9-18(11-12-7-8-12)16(21)17-10-13-5-3-4-6-14(13)15(19)20/h12-14H,2-11H2,1H3,(H,17,21)(H,19,20). The van der Waals surface area contributed by atoms with Gasteiger partial charge in [0, 0.05) is 19.6 Å². The quantitative estimate of drug-likeness (QED) is 0.759. The van der Waals surface area contributed by atoms with Crippen molar-refractivity contribution >= 4 is 12.0 Å². The fourth-order valence-corrected chi connectivity index (χ4v) is 3.27. The third kappa shape index (κ3) is 4.90. The number of carbonyl (C=O) groups is 2. The number of nitrogens with zero attached hydrogens (tertiary/aromatic N) is 1. The van der Waals surface area contributed by atoms with Crippen LogP contribution in [0, 0.1) is 17.8 Å². The molecule has 2 amide bonds. The molecule has 21 heavy (non-hydrogen) atoms. The summed E-state index contributed by atoms with van der Waals surface area (Å²) in [6.45, 7) is 4.22. The van der Waals surface area contributed by atoms with Gasteiger partial charge < -0.3 is 15.3 Å². The summed E-state index contributed by atoms with van der Waals surface area (Å²) >= 11 is 0. The van der Waals surface area contributed by atoms with Gasteiger partial charge in [-0.1, -0.05) is 19.8 Å². The van der Waals surface area contributed by atoms with Gasteiger partial charge in [-0.05, 0) is 43.9 Å². The molecule has 120 valence electrons. The van der Waals surface area contributed by atoms with E-state index in [4.69, 9.17) is 0 Å². The Morgan fingerprint density at radius 2 is 1.90 bits per heavy atom. The van der Waals surface area contributed by atoms with Gasteiger partial charge in [-0.3, -0.25) is 4.79 Å². The molecule has 2 atom stereocenters. The Hall–Kier alpha value is -1.26. The Balaban J connectivity index is 1.81. The molecular weight excluding hydrogens is 268 g/mol. The lowest BCUT2D eigenvalue weighted by atomic mass is 9.79. The molecule has 2 saturated carbocycles. The summed E-state index contributed by atoms with van der Waals surface area (Å²) in [6.07, 6.45) is 7.15. The maximum absolute atomic E-state index is 12.3. The molecule has 2 unspecified atom stereocenters. The summed E-state index contributed by atoms with van der Waals surface area (Å²) < 4.78 is 0. The second-order valence-corrected chi connectivity index (χ2v) is 6.56. The number of nitrogens with one attached hydrogen (secondary N) is 1. The van der Waals surface area contributed by atoms with Gasteiger partial charge >= 0.3 is 12.0 Å². The number of carboxylic acid groups (broad SMARTS) is 1. The fraction of sp³-hybridized carbons (Fsp3) is 0.875. The first kappa shape index (κ1) is 16.1. The van der Waals surface area contributed by atoms with Crippen molar-refractivity contribution in [2.45, 2.75) is 51.9 Å². The zero-order chi connectivity index (χ0) is 15.2. The van der Waals surface area contributed by atoms with E-state index in [1.165, 1.54) is 12.8 Å². The average molecular weight is 296 g/mol. The minimum absolute atomic E-state index is 0.0153. The van der Waals surface area contributed by atoms with Gasteiger partial charge in [0.25, 0.3) is 0 Å². The van der Waals surface area contributed by atoms with E-state index < -0.39 is 5.97 Å². The molecule has 2 aliphatic rings. The van der Waals surface area contributed by atoms with Crippen molar-refractivity contribution < 1.29 is 14.7 Å². The van der Waals surface area contributed by atoms with Crippen LogP contribution in [0.25, 0.3) is 0 Å². The molecule has 0 bridgehead atoms. The van der Waals surface area contributed by atoms with E-state index >= 15 is 0 Å². The first-order valence-corrected chi connectivity index (χ1v) is 8.37. The van der Waals surface area contributed by atoms with E-state index in [1.807, 2.05) is 4.90 Å². The van der Waals surface area contributed by atoms with E-state index in [0.29, 0.717) is 12.5 Å². The van der Waals surface area contributed by atoms with Gasteiger partial charge in [0.1, 0.15) is 0 Å². The predicted octanol–water partition coefficient (Wildman–Crippen LogP) is 2.71. The maximum atomic E-state index is 12.3. The minimum atomic E-state index is -0.711. The third-order valence-corrected chi connectivity index (χ3v) is 4.70. The van der Waals surface area contributed by atoms with Crippen LogP contribution in [-0.4, -0.2) is 41.6 Å². The predicted molar refractivity (Wildman–Crippen MR) is 81.1 cm³/mol. The lowest BCUT2D eigenvalue weighted by molar-refractivity contribution is -0.144. The van der Waals surface area contributed by atoms with Crippen molar-refractivity contribution in [1.29, 1.82) is 0 Å². The molecule has 5 nitrogen and oxygen atoms in total. The number of amides is 2. The number of hydrogen-bond donors (Lipinski definition) is 2. The average Bonchev–Trinajstić information content (AvgIpc) is 3.28. The van der Waals surface area contributed by atoms with Crippen molar-refractivity contribution in [3.05, 3.63) is 0 Å². The molecule has 0 heterocycles. The lowest BCUT2D eigenvalue weighted by Gasteiger charge is -2.30. The van der Waals surface area contributed by atoms with Crippen LogP contribution in [0.1, 0.15) is 51.9 Å². The smallest absolute Gasteiger partial charge is 0.317 e. The highest BCUT2D eigenvalue weighted by Crippen LogP contribution is 2.31. The number of aliphatic carboxylic acids is 1. The summed E-state index contributed by atoms with van der Waals surface area (Å²) in [5.41, 5.74) is 0. The highest BCUT2D eigenvalue weighted by molar-refractivity contribution is 5.74. The maximum Gasteiger partial charge on any atom is 0.317 e. The van der Waals surface area contributed by atoms with Crippen molar-refractivity contribution in [1.82, 2.24) is 10.2 Å². The largest absolute Gasteiger partial charge is 0.481 e. The van der Waals surface area contributed by atoms with E-state index in [-0.39, 0.29) is 17.9 Å². The van der Waals surface area contributed by atoms with Crippen LogP contribution in [0.4, 0.5) is 4.79 Å². The van der Waals surface area contributed by atoms with Gasteiger partial charge in [-0.15, -0.1) is 0 Å². The molecular formula is C16H28N2O3. The normalized spacial score (nSPS) is 25.4. The summed E-state index contributed by atoms with van der Waals surface area (Å²) in [5.74, 6) is -0.229. The van der Waals surface area contributed by atoms with Crippen molar-refractivity contribution in [2.75, 3.05) is 19.6 Å². The molecule has 2 fully saturated rings.